The van der Waals surface area contributed by atoms with Crippen LogP contribution in [0, 0.1) is 0 Å². The van der Waals surface area contributed by atoms with Gasteiger partial charge in [-0.2, -0.15) is 0 Å². The second-order valence-corrected chi connectivity index (χ2v) is 3.53. The van der Waals surface area contributed by atoms with Crippen molar-refractivity contribution in [1.29, 1.82) is 0 Å². The topological polar surface area (TPSA) is 24.1 Å². The largest absolute Gasteiger partial charge is 0.390 e. The Kier molecular flexibility index (Phi) is 5.06. The summed E-state index contributed by atoms with van der Waals surface area (Å²) in [5, 5.41) is 6.35. The molecule has 0 aliphatic heterocycles. The molecular formula is C12H22N2. The summed E-state index contributed by atoms with van der Waals surface area (Å²) in [5.41, 5.74) is 5.88. The van der Waals surface area contributed by atoms with Crippen molar-refractivity contribution in [3.63, 3.8) is 0 Å². The summed E-state index contributed by atoms with van der Waals surface area (Å²) < 4.78 is 0. The van der Waals surface area contributed by atoms with Gasteiger partial charge in [0.1, 0.15) is 0 Å². The monoisotopic (exact) mass is 194 g/mol. The Balaban J connectivity index is 5.27. The van der Waals surface area contributed by atoms with Crippen LogP contribution in [-0.2, 0) is 0 Å². The van der Waals surface area contributed by atoms with Crippen LogP contribution in [0.25, 0.3) is 0 Å². The molecule has 0 aromatic rings. The van der Waals surface area contributed by atoms with Gasteiger partial charge in [0, 0.05) is 19.8 Å². The minimum absolute atomic E-state index is 1.11. The van der Waals surface area contributed by atoms with Gasteiger partial charge in [-0.1, -0.05) is 12.2 Å². The van der Waals surface area contributed by atoms with Gasteiger partial charge in [-0.3, -0.25) is 0 Å². The fourth-order valence-corrected chi connectivity index (χ4v) is 1.29. The molecule has 2 nitrogen and oxygen atoms in total. The summed E-state index contributed by atoms with van der Waals surface area (Å²) in [4.78, 5) is 0. The summed E-state index contributed by atoms with van der Waals surface area (Å²) in [6.07, 6.45) is 0. The Bertz CT molecular complexity index is 283. The van der Waals surface area contributed by atoms with Gasteiger partial charge in [0.15, 0.2) is 0 Å². The Morgan fingerprint density at radius 1 is 0.857 bits per heavy atom. The predicted octanol–water partition coefficient (Wildman–Crippen LogP) is 2.57. The zero-order chi connectivity index (χ0) is 11.3. The average molecular weight is 194 g/mol. The zero-order valence-electron chi connectivity index (χ0n) is 10.2. The second kappa shape index (κ2) is 5.53. The van der Waals surface area contributed by atoms with Crippen molar-refractivity contribution in [2.45, 2.75) is 27.7 Å². The highest BCUT2D eigenvalue weighted by Gasteiger charge is 2.05. The maximum absolute atomic E-state index is 3.95. The second-order valence-electron chi connectivity index (χ2n) is 3.53. The van der Waals surface area contributed by atoms with Crippen LogP contribution in [0.4, 0.5) is 0 Å². The van der Waals surface area contributed by atoms with Gasteiger partial charge < -0.3 is 10.6 Å². The Morgan fingerprint density at radius 2 is 1.36 bits per heavy atom. The Morgan fingerprint density at radius 3 is 1.64 bits per heavy atom. The molecule has 14 heavy (non-hydrogen) atoms. The highest BCUT2D eigenvalue weighted by atomic mass is 14.9. The third-order valence-electron chi connectivity index (χ3n) is 2.58. The van der Waals surface area contributed by atoms with Crippen LogP contribution in [0.2, 0.25) is 0 Å². The van der Waals surface area contributed by atoms with Crippen LogP contribution in [0.5, 0.6) is 0 Å². The molecule has 0 aliphatic rings. The van der Waals surface area contributed by atoms with E-state index in [-0.39, 0.29) is 0 Å². The van der Waals surface area contributed by atoms with Crippen LogP contribution in [0.3, 0.4) is 0 Å². The Hall–Kier alpha value is -1.18. The molecule has 0 bridgehead atoms. The standard InChI is InChI=1S/C12H22N2/c1-8(2)9(3)10(4)12(14-7)11(5)13-6/h13-14H,1H2,2-7H3/b10-9-,12-11-. The first-order valence-electron chi connectivity index (χ1n) is 4.85. The van der Waals surface area contributed by atoms with E-state index in [0.29, 0.717) is 0 Å². The van der Waals surface area contributed by atoms with Gasteiger partial charge in [-0.25, -0.2) is 0 Å². The lowest BCUT2D eigenvalue weighted by Gasteiger charge is -2.15. The normalized spacial score (nSPS) is 14.1. The third-order valence-corrected chi connectivity index (χ3v) is 2.58. The number of hydrogen-bond donors (Lipinski definition) is 2. The van der Waals surface area contributed by atoms with Gasteiger partial charge in [0.2, 0.25) is 0 Å². The van der Waals surface area contributed by atoms with Crippen LogP contribution in [0.15, 0.2) is 34.7 Å². The van der Waals surface area contributed by atoms with E-state index >= 15 is 0 Å². The van der Waals surface area contributed by atoms with E-state index < -0.39 is 0 Å². The first-order valence-corrected chi connectivity index (χ1v) is 4.85. The number of rotatable bonds is 4. The molecule has 0 heterocycles. The predicted molar refractivity (Wildman–Crippen MR) is 64.0 cm³/mol. The van der Waals surface area contributed by atoms with Crippen molar-refractivity contribution in [2.75, 3.05) is 14.1 Å². The highest BCUT2D eigenvalue weighted by Crippen LogP contribution is 2.18. The van der Waals surface area contributed by atoms with Crippen molar-refractivity contribution < 1.29 is 0 Å². The summed E-state index contributed by atoms with van der Waals surface area (Å²) >= 11 is 0. The maximum atomic E-state index is 3.95. The van der Waals surface area contributed by atoms with E-state index in [1.807, 2.05) is 21.0 Å². The SMILES string of the molecule is C=C(C)/C(C)=C(C)\C(NC)=C(/C)NC. The summed E-state index contributed by atoms with van der Waals surface area (Å²) in [7, 11) is 3.86. The number of nitrogens with one attached hydrogen (secondary N) is 2. The molecule has 2 heteroatoms. The third kappa shape index (κ3) is 2.95. The van der Waals surface area contributed by atoms with E-state index in [1.165, 1.54) is 11.1 Å². The number of hydrogen-bond acceptors (Lipinski definition) is 2. The molecule has 0 spiro atoms. The van der Waals surface area contributed by atoms with Crippen LogP contribution in [-0.4, -0.2) is 14.1 Å². The fourth-order valence-electron chi connectivity index (χ4n) is 1.29. The van der Waals surface area contributed by atoms with E-state index in [9.17, 15) is 0 Å². The van der Waals surface area contributed by atoms with Gasteiger partial charge >= 0.3 is 0 Å². The first-order chi connectivity index (χ1) is 6.45. The van der Waals surface area contributed by atoms with Crippen molar-refractivity contribution in [2.24, 2.45) is 0 Å². The molecule has 0 saturated carbocycles. The van der Waals surface area contributed by atoms with Crippen molar-refractivity contribution in [3.8, 4) is 0 Å². The lowest BCUT2D eigenvalue weighted by atomic mass is 10.0. The molecule has 0 saturated heterocycles. The molecule has 0 amide bonds. The molecule has 2 N–H and O–H groups in total. The molecule has 0 unspecified atom stereocenters. The molecule has 0 fully saturated rings. The number of allylic oxidation sites excluding steroid dienone is 4. The lowest BCUT2D eigenvalue weighted by Crippen LogP contribution is -2.17. The minimum atomic E-state index is 1.11. The quantitative estimate of drug-likeness (QED) is 0.672. The fraction of sp³-hybridized carbons (Fsp3) is 0.500. The molecule has 0 atom stereocenters. The first kappa shape index (κ1) is 12.8. The minimum Gasteiger partial charge on any atom is -0.390 e. The summed E-state index contributed by atoms with van der Waals surface area (Å²) in [5.74, 6) is 0. The van der Waals surface area contributed by atoms with Crippen molar-refractivity contribution in [1.82, 2.24) is 10.6 Å². The van der Waals surface area contributed by atoms with Crippen LogP contribution >= 0.6 is 0 Å². The highest BCUT2D eigenvalue weighted by molar-refractivity contribution is 5.41. The zero-order valence-corrected chi connectivity index (χ0v) is 10.2. The van der Waals surface area contributed by atoms with Gasteiger partial charge in [-0.15, -0.1) is 0 Å². The molecule has 0 aromatic heterocycles. The molecule has 0 radical (unpaired) electrons. The summed E-state index contributed by atoms with van der Waals surface area (Å²) in [6.45, 7) is 12.2. The molecular weight excluding hydrogens is 172 g/mol. The van der Waals surface area contributed by atoms with Crippen LogP contribution in [0.1, 0.15) is 27.7 Å². The molecule has 80 valence electrons. The van der Waals surface area contributed by atoms with Gasteiger partial charge in [0.25, 0.3) is 0 Å². The smallest absolute Gasteiger partial charge is 0.0559 e. The molecule has 0 aromatic carbocycles. The number of likely N-dealkylation sites (N-methyl/N-ethyl adjacent to an activating group) is 1. The van der Waals surface area contributed by atoms with E-state index in [4.69, 9.17) is 0 Å². The summed E-state index contributed by atoms with van der Waals surface area (Å²) in [6, 6.07) is 0. The average Bonchev–Trinajstić information content (AvgIpc) is 2.16. The van der Waals surface area contributed by atoms with Crippen LogP contribution < -0.4 is 10.6 Å². The maximum Gasteiger partial charge on any atom is 0.0559 e. The molecule has 0 aliphatic carbocycles. The van der Waals surface area contributed by atoms with Crippen molar-refractivity contribution >= 4 is 0 Å². The Labute approximate surface area is 87.8 Å². The van der Waals surface area contributed by atoms with E-state index in [0.717, 1.165) is 17.0 Å². The van der Waals surface area contributed by atoms with E-state index in [2.05, 4.69) is 38.0 Å². The van der Waals surface area contributed by atoms with Gasteiger partial charge in [-0.05, 0) is 38.8 Å². The van der Waals surface area contributed by atoms with Crippen molar-refractivity contribution in [3.05, 3.63) is 34.7 Å². The van der Waals surface area contributed by atoms with E-state index in [1.54, 1.807) is 0 Å². The van der Waals surface area contributed by atoms with Gasteiger partial charge in [0.05, 0.1) is 5.70 Å². The lowest BCUT2D eigenvalue weighted by molar-refractivity contribution is 0.882. The molecule has 0 rings (SSSR count).